The topological polar surface area (TPSA) is 33.1 Å². The molecule has 0 saturated carbocycles. The van der Waals surface area contributed by atoms with Gasteiger partial charge in [0.05, 0.1) is 11.7 Å². The van der Waals surface area contributed by atoms with E-state index < -0.39 is 17.5 Å². The zero-order valence-electron chi connectivity index (χ0n) is 6.76. The molecule has 0 amide bonds. The maximum atomic E-state index is 13.1. The Kier molecular flexibility index (Phi) is 1.80. The summed E-state index contributed by atoms with van der Waals surface area (Å²) in [5.41, 5.74) is -0.0424. The van der Waals surface area contributed by atoms with Crippen LogP contribution >= 0.6 is 0 Å². The van der Waals surface area contributed by atoms with Gasteiger partial charge in [-0.3, -0.25) is 4.98 Å². The van der Waals surface area contributed by atoms with Gasteiger partial charge in [-0.1, -0.05) is 0 Å². The third-order valence-electron chi connectivity index (χ3n) is 1.81. The molecule has 0 radical (unpaired) electrons. The Hall–Kier alpha value is -1.78. The monoisotopic (exact) mass is 199 g/mol. The Morgan fingerprint density at radius 2 is 1.79 bits per heavy atom. The van der Waals surface area contributed by atoms with E-state index in [1.165, 1.54) is 0 Å². The molecule has 2 nitrogen and oxygen atoms in total. The van der Waals surface area contributed by atoms with Crippen LogP contribution in [0.15, 0.2) is 18.3 Å². The van der Waals surface area contributed by atoms with Crippen molar-refractivity contribution in [2.24, 2.45) is 0 Å². The molecule has 0 aliphatic rings. The number of aromatic hydroxyl groups is 1. The number of hydrogen-bond donors (Lipinski definition) is 1. The fraction of sp³-hybridized carbons (Fsp3) is 0. The van der Waals surface area contributed by atoms with Gasteiger partial charge in [0.25, 0.3) is 0 Å². The van der Waals surface area contributed by atoms with Gasteiger partial charge >= 0.3 is 0 Å². The van der Waals surface area contributed by atoms with Crippen molar-refractivity contribution >= 4 is 10.9 Å². The zero-order valence-corrected chi connectivity index (χ0v) is 6.76. The fourth-order valence-electron chi connectivity index (χ4n) is 1.16. The second-order valence-corrected chi connectivity index (χ2v) is 2.75. The average Bonchev–Trinajstić information content (AvgIpc) is 2.16. The molecule has 0 spiro atoms. The molecule has 1 N–H and O–H groups in total. The molecule has 0 aliphatic carbocycles. The maximum absolute atomic E-state index is 13.1. The van der Waals surface area contributed by atoms with Gasteiger partial charge in [-0.2, -0.15) is 0 Å². The van der Waals surface area contributed by atoms with Crippen LogP contribution in [0.1, 0.15) is 0 Å². The minimum absolute atomic E-state index is 0.0424. The first-order chi connectivity index (χ1) is 6.59. The molecule has 1 heterocycles. The van der Waals surface area contributed by atoms with E-state index in [4.69, 9.17) is 5.11 Å². The average molecular weight is 199 g/mol. The lowest BCUT2D eigenvalue weighted by Gasteiger charge is -2.01. The van der Waals surface area contributed by atoms with E-state index in [2.05, 4.69) is 4.98 Å². The lowest BCUT2D eigenvalue weighted by atomic mass is 10.2. The van der Waals surface area contributed by atoms with Gasteiger partial charge in [0.1, 0.15) is 5.75 Å². The highest BCUT2D eigenvalue weighted by Gasteiger charge is 2.14. The molecule has 0 saturated heterocycles. The van der Waals surface area contributed by atoms with Gasteiger partial charge in [0.15, 0.2) is 17.5 Å². The van der Waals surface area contributed by atoms with Crippen LogP contribution < -0.4 is 0 Å². The van der Waals surface area contributed by atoms with Crippen LogP contribution in [0, 0.1) is 17.5 Å². The van der Waals surface area contributed by atoms with Crippen LogP contribution in [0.25, 0.3) is 10.9 Å². The largest absolute Gasteiger partial charge is 0.506 e. The first kappa shape index (κ1) is 8.80. The summed E-state index contributed by atoms with van der Waals surface area (Å²) >= 11 is 0. The SMILES string of the molecule is Oc1cnc2cc(F)c(F)c(F)c2c1. The molecule has 1 aromatic carbocycles. The predicted molar refractivity (Wildman–Crippen MR) is 43.3 cm³/mol. The van der Waals surface area contributed by atoms with Crippen molar-refractivity contribution in [1.82, 2.24) is 4.98 Å². The summed E-state index contributed by atoms with van der Waals surface area (Å²) in [6, 6.07) is 1.76. The van der Waals surface area contributed by atoms with Crippen LogP contribution in [0.3, 0.4) is 0 Å². The highest BCUT2D eigenvalue weighted by molar-refractivity contribution is 5.80. The summed E-state index contributed by atoms with van der Waals surface area (Å²) in [7, 11) is 0. The molecule has 0 fully saturated rings. The third kappa shape index (κ3) is 1.17. The van der Waals surface area contributed by atoms with Gasteiger partial charge in [0, 0.05) is 11.5 Å². The first-order valence-corrected chi connectivity index (χ1v) is 3.72. The molecule has 14 heavy (non-hydrogen) atoms. The van der Waals surface area contributed by atoms with Crippen molar-refractivity contribution in [1.29, 1.82) is 0 Å². The van der Waals surface area contributed by atoms with E-state index in [1.54, 1.807) is 0 Å². The zero-order chi connectivity index (χ0) is 10.3. The second-order valence-electron chi connectivity index (χ2n) is 2.75. The predicted octanol–water partition coefficient (Wildman–Crippen LogP) is 2.36. The number of halogens is 3. The molecule has 2 rings (SSSR count). The Morgan fingerprint density at radius 3 is 2.50 bits per heavy atom. The molecular weight excluding hydrogens is 195 g/mol. The summed E-state index contributed by atoms with van der Waals surface area (Å²) in [6.07, 6.45) is 1.03. The molecule has 2 aromatic rings. The maximum Gasteiger partial charge on any atom is 0.195 e. The lowest BCUT2D eigenvalue weighted by molar-refractivity contribution is 0.451. The van der Waals surface area contributed by atoms with Crippen LogP contribution in [0.2, 0.25) is 0 Å². The molecule has 72 valence electrons. The number of pyridine rings is 1. The van der Waals surface area contributed by atoms with Crippen LogP contribution in [-0.2, 0) is 0 Å². The summed E-state index contributed by atoms with van der Waals surface area (Å²) in [5, 5.41) is 8.72. The molecule has 0 unspecified atom stereocenters. The molecule has 5 heteroatoms. The minimum Gasteiger partial charge on any atom is -0.506 e. The Balaban J connectivity index is 2.92. The summed E-state index contributed by atoms with van der Waals surface area (Å²) in [4.78, 5) is 3.55. The number of rotatable bonds is 0. The van der Waals surface area contributed by atoms with Gasteiger partial charge in [-0.15, -0.1) is 0 Å². The van der Waals surface area contributed by atoms with Crippen molar-refractivity contribution in [2.45, 2.75) is 0 Å². The van der Waals surface area contributed by atoms with Crippen molar-refractivity contribution in [3.8, 4) is 5.75 Å². The molecule has 0 aliphatic heterocycles. The van der Waals surface area contributed by atoms with E-state index in [-0.39, 0.29) is 16.7 Å². The van der Waals surface area contributed by atoms with E-state index in [0.717, 1.165) is 18.3 Å². The molecular formula is C9H4F3NO. The highest BCUT2D eigenvalue weighted by Crippen LogP contribution is 2.23. The second kappa shape index (κ2) is 2.87. The number of nitrogens with zero attached hydrogens (tertiary/aromatic N) is 1. The number of benzene rings is 1. The van der Waals surface area contributed by atoms with Crippen molar-refractivity contribution in [2.75, 3.05) is 0 Å². The van der Waals surface area contributed by atoms with E-state index in [0.29, 0.717) is 0 Å². The Labute approximate surface area is 76.6 Å². The Morgan fingerprint density at radius 1 is 1.07 bits per heavy atom. The first-order valence-electron chi connectivity index (χ1n) is 3.72. The van der Waals surface area contributed by atoms with Crippen molar-refractivity contribution in [3.63, 3.8) is 0 Å². The van der Waals surface area contributed by atoms with E-state index in [9.17, 15) is 13.2 Å². The smallest absolute Gasteiger partial charge is 0.195 e. The van der Waals surface area contributed by atoms with Crippen LogP contribution in [-0.4, -0.2) is 10.1 Å². The van der Waals surface area contributed by atoms with Crippen LogP contribution in [0.4, 0.5) is 13.2 Å². The number of aromatic nitrogens is 1. The third-order valence-corrected chi connectivity index (χ3v) is 1.81. The van der Waals surface area contributed by atoms with Crippen molar-refractivity contribution < 1.29 is 18.3 Å². The molecule has 0 bridgehead atoms. The van der Waals surface area contributed by atoms with E-state index in [1.807, 2.05) is 0 Å². The van der Waals surface area contributed by atoms with E-state index >= 15 is 0 Å². The standard InChI is InChI=1S/C9H4F3NO/c10-6-2-7-5(8(11)9(6)12)1-4(14)3-13-7/h1-3,14H. The molecule has 0 atom stereocenters. The number of fused-ring (bicyclic) bond motifs is 1. The highest BCUT2D eigenvalue weighted by atomic mass is 19.2. The quantitative estimate of drug-likeness (QED) is 0.660. The van der Waals surface area contributed by atoms with Gasteiger partial charge in [-0.05, 0) is 6.07 Å². The summed E-state index contributed by atoms with van der Waals surface area (Å²) in [6.45, 7) is 0. The molecule has 1 aromatic heterocycles. The fourth-order valence-corrected chi connectivity index (χ4v) is 1.16. The summed E-state index contributed by atoms with van der Waals surface area (Å²) in [5.74, 6) is -4.51. The lowest BCUT2D eigenvalue weighted by Crippen LogP contribution is -1.93. The Bertz CT molecular complexity index is 513. The van der Waals surface area contributed by atoms with Crippen molar-refractivity contribution in [3.05, 3.63) is 35.8 Å². The van der Waals surface area contributed by atoms with Gasteiger partial charge < -0.3 is 5.11 Å². The van der Waals surface area contributed by atoms with Crippen LogP contribution in [0.5, 0.6) is 5.75 Å². The van der Waals surface area contributed by atoms with Gasteiger partial charge in [0.2, 0.25) is 0 Å². The van der Waals surface area contributed by atoms with Gasteiger partial charge in [-0.25, -0.2) is 13.2 Å². The summed E-state index contributed by atoms with van der Waals surface area (Å²) < 4.78 is 38.5. The number of hydrogen-bond acceptors (Lipinski definition) is 2. The normalized spacial score (nSPS) is 10.8. The minimum atomic E-state index is -1.56.